The Hall–Kier alpha value is -0.780. The molecule has 3 saturated carbocycles. The van der Waals surface area contributed by atoms with E-state index >= 15 is 0 Å². The van der Waals surface area contributed by atoms with Gasteiger partial charge in [0, 0.05) is 0 Å². The molecule has 0 unspecified atom stereocenters. The standard InChI is InChI=1S/C26H42/c1-19(2)5-8-21(4)22-11-13-24(14-12-22)26-17-15-25(16-18-26)23-9-6-20(3)7-10-23/h5,8,20,22-26H,1,4,6-7,9-18H2,2-3H3/b8-5-. The molecule has 0 heterocycles. The van der Waals surface area contributed by atoms with Crippen LogP contribution in [-0.4, -0.2) is 0 Å². The maximum Gasteiger partial charge on any atom is -0.0168 e. The van der Waals surface area contributed by atoms with Crippen LogP contribution in [0.25, 0.3) is 0 Å². The van der Waals surface area contributed by atoms with E-state index < -0.39 is 0 Å². The quantitative estimate of drug-likeness (QED) is 0.437. The van der Waals surface area contributed by atoms with Crippen molar-refractivity contribution < 1.29 is 0 Å². The molecule has 0 atom stereocenters. The van der Waals surface area contributed by atoms with Gasteiger partial charge in [0.05, 0.1) is 0 Å². The molecule has 0 aromatic rings. The highest BCUT2D eigenvalue weighted by atomic mass is 14.4. The summed E-state index contributed by atoms with van der Waals surface area (Å²) in [6.45, 7) is 12.8. The second-order valence-corrected chi connectivity index (χ2v) is 10.1. The SMILES string of the molecule is C=C(C)/C=C\C(=C)C1CCC(C2CCC(C3CCC(C)CC3)CC2)CC1. The summed E-state index contributed by atoms with van der Waals surface area (Å²) in [6.07, 6.45) is 22.2. The molecule has 0 aliphatic heterocycles. The van der Waals surface area contributed by atoms with Crippen molar-refractivity contribution >= 4 is 0 Å². The summed E-state index contributed by atoms with van der Waals surface area (Å²) in [7, 11) is 0. The van der Waals surface area contributed by atoms with Gasteiger partial charge >= 0.3 is 0 Å². The van der Waals surface area contributed by atoms with E-state index in [4.69, 9.17) is 0 Å². The van der Waals surface area contributed by atoms with Gasteiger partial charge in [0.15, 0.2) is 0 Å². The third kappa shape index (κ3) is 5.37. The smallest absolute Gasteiger partial charge is 0.0168 e. The molecule has 146 valence electrons. The molecule has 3 rings (SSSR count). The zero-order valence-electron chi connectivity index (χ0n) is 17.5. The molecule has 0 heteroatoms. The Kier molecular flexibility index (Phi) is 7.24. The molecular formula is C26H42. The Bertz CT molecular complexity index is 486. The van der Waals surface area contributed by atoms with Gasteiger partial charge < -0.3 is 0 Å². The number of allylic oxidation sites excluding steroid dienone is 4. The fourth-order valence-electron chi connectivity index (χ4n) is 6.19. The molecule has 3 aliphatic carbocycles. The average Bonchev–Trinajstić information content (AvgIpc) is 2.67. The molecule has 26 heavy (non-hydrogen) atoms. The molecule has 0 spiro atoms. The first-order chi connectivity index (χ1) is 12.5. The Morgan fingerprint density at radius 3 is 1.42 bits per heavy atom. The van der Waals surface area contributed by atoms with E-state index in [1.807, 2.05) is 0 Å². The predicted octanol–water partition coefficient (Wildman–Crippen LogP) is 8.11. The molecule has 0 amide bonds. The lowest BCUT2D eigenvalue weighted by molar-refractivity contribution is 0.109. The average molecular weight is 355 g/mol. The Morgan fingerprint density at radius 1 is 0.615 bits per heavy atom. The molecule has 0 radical (unpaired) electrons. The van der Waals surface area contributed by atoms with Crippen molar-refractivity contribution in [3.8, 4) is 0 Å². The first-order valence-corrected chi connectivity index (χ1v) is 11.5. The zero-order valence-corrected chi connectivity index (χ0v) is 17.5. The van der Waals surface area contributed by atoms with Crippen LogP contribution in [-0.2, 0) is 0 Å². The van der Waals surface area contributed by atoms with Gasteiger partial charge in [-0.2, -0.15) is 0 Å². The highest BCUT2D eigenvalue weighted by Gasteiger charge is 2.34. The van der Waals surface area contributed by atoms with Gasteiger partial charge in [-0.3, -0.25) is 0 Å². The van der Waals surface area contributed by atoms with Gasteiger partial charge in [-0.25, -0.2) is 0 Å². The van der Waals surface area contributed by atoms with Crippen molar-refractivity contribution in [1.82, 2.24) is 0 Å². The Morgan fingerprint density at radius 2 is 1.00 bits per heavy atom. The van der Waals surface area contributed by atoms with Crippen LogP contribution >= 0.6 is 0 Å². The molecule has 3 aliphatic rings. The minimum atomic E-state index is 0.724. The lowest BCUT2D eigenvalue weighted by Gasteiger charge is -2.41. The fourth-order valence-corrected chi connectivity index (χ4v) is 6.19. The predicted molar refractivity (Wildman–Crippen MR) is 115 cm³/mol. The van der Waals surface area contributed by atoms with Crippen molar-refractivity contribution in [2.75, 3.05) is 0 Å². The Labute approximate surface area is 163 Å². The molecule has 0 N–H and O–H groups in total. The third-order valence-electron chi connectivity index (χ3n) is 8.09. The normalized spacial score (nSPS) is 39.0. The van der Waals surface area contributed by atoms with Crippen LogP contribution in [0.5, 0.6) is 0 Å². The van der Waals surface area contributed by atoms with Crippen LogP contribution in [0.2, 0.25) is 0 Å². The van der Waals surface area contributed by atoms with Crippen LogP contribution in [0.15, 0.2) is 36.5 Å². The molecule has 0 saturated heterocycles. The van der Waals surface area contributed by atoms with Crippen LogP contribution in [0.3, 0.4) is 0 Å². The first kappa shape index (κ1) is 20.0. The number of rotatable bonds is 5. The van der Waals surface area contributed by atoms with Gasteiger partial charge in [0.1, 0.15) is 0 Å². The second-order valence-electron chi connectivity index (χ2n) is 10.1. The van der Waals surface area contributed by atoms with Crippen molar-refractivity contribution in [2.24, 2.45) is 35.5 Å². The lowest BCUT2D eigenvalue weighted by Crippen LogP contribution is -2.29. The van der Waals surface area contributed by atoms with E-state index in [0.29, 0.717) is 0 Å². The highest BCUT2D eigenvalue weighted by molar-refractivity contribution is 5.25. The minimum Gasteiger partial charge on any atom is -0.0961 e. The van der Waals surface area contributed by atoms with Gasteiger partial charge in [0.2, 0.25) is 0 Å². The van der Waals surface area contributed by atoms with Crippen LogP contribution in [0.1, 0.15) is 90.9 Å². The van der Waals surface area contributed by atoms with Gasteiger partial charge in [0.25, 0.3) is 0 Å². The zero-order chi connectivity index (χ0) is 18.5. The van der Waals surface area contributed by atoms with Crippen molar-refractivity contribution in [2.45, 2.75) is 90.9 Å². The van der Waals surface area contributed by atoms with Crippen molar-refractivity contribution in [3.63, 3.8) is 0 Å². The summed E-state index contributed by atoms with van der Waals surface area (Å²) in [5.74, 6) is 5.92. The molecule has 0 aromatic heterocycles. The van der Waals surface area contributed by atoms with Crippen molar-refractivity contribution in [1.29, 1.82) is 0 Å². The van der Waals surface area contributed by atoms with E-state index in [0.717, 1.165) is 41.1 Å². The monoisotopic (exact) mass is 354 g/mol. The second kappa shape index (κ2) is 9.43. The molecule has 3 fully saturated rings. The van der Waals surface area contributed by atoms with E-state index in [1.54, 1.807) is 0 Å². The lowest BCUT2D eigenvalue weighted by atomic mass is 9.65. The topological polar surface area (TPSA) is 0 Å². The Balaban J connectivity index is 1.39. The summed E-state index contributed by atoms with van der Waals surface area (Å²) < 4.78 is 0. The van der Waals surface area contributed by atoms with Crippen LogP contribution in [0.4, 0.5) is 0 Å². The summed E-state index contributed by atoms with van der Waals surface area (Å²) in [5.41, 5.74) is 2.46. The molecule has 0 nitrogen and oxygen atoms in total. The van der Waals surface area contributed by atoms with E-state index in [-0.39, 0.29) is 0 Å². The third-order valence-corrected chi connectivity index (χ3v) is 8.09. The van der Waals surface area contributed by atoms with Crippen LogP contribution < -0.4 is 0 Å². The maximum absolute atomic E-state index is 4.33. The molecule has 0 bridgehead atoms. The number of hydrogen-bond donors (Lipinski definition) is 0. The maximum atomic E-state index is 4.33. The summed E-state index contributed by atoms with van der Waals surface area (Å²) in [6, 6.07) is 0. The van der Waals surface area contributed by atoms with Gasteiger partial charge in [-0.15, -0.1) is 0 Å². The van der Waals surface area contributed by atoms with Crippen LogP contribution in [0, 0.1) is 35.5 Å². The number of hydrogen-bond acceptors (Lipinski definition) is 0. The highest BCUT2D eigenvalue weighted by Crippen LogP contribution is 2.46. The first-order valence-electron chi connectivity index (χ1n) is 11.5. The molecular weight excluding hydrogens is 312 g/mol. The van der Waals surface area contributed by atoms with Crippen molar-refractivity contribution in [3.05, 3.63) is 36.5 Å². The fraction of sp³-hybridized carbons (Fsp3) is 0.769. The largest absolute Gasteiger partial charge is 0.0961 e. The van der Waals surface area contributed by atoms with E-state index in [9.17, 15) is 0 Å². The van der Waals surface area contributed by atoms with E-state index in [2.05, 4.69) is 39.2 Å². The molecule has 0 aromatic carbocycles. The summed E-state index contributed by atoms with van der Waals surface area (Å²) in [4.78, 5) is 0. The summed E-state index contributed by atoms with van der Waals surface area (Å²) >= 11 is 0. The summed E-state index contributed by atoms with van der Waals surface area (Å²) in [5, 5.41) is 0. The van der Waals surface area contributed by atoms with Gasteiger partial charge in [-0.1, -0.05) is 56.2 Å². The minimum absolute atomic E-state index is 0.724. The van der Waals surface area contributed by atoms with Gasteiger partial charge in [-0.05, 0) is 107 Å². The van der Waals surface area contributed by atoms with E-state index in [1.165, 1.54) is 82.6 Å².